The summed E-state index contributed by atoms with van der Waals surface area (Å²) in [6.07, 6.45) is 0. The molecule has 2 aromatic heterocycles. The molecule has 0 spiro atoms. The zero-order valence-corrected chi connectivity index (χ0v) is 15.5. The highest BCUT2D eigenvalue weighted by molar-refractivity contribution is 5.61. The molecule has 0 saturated carbocycles. The highest BCUT2D eigenvalue weighted by Crippen LogP contribution is 2.27. The zero-order chi connectivity index (χ0) is 19.1. The first-order chi connectivity index (χ1) is 13.7. The summed E-state index contributed by atoms with van der Waals surface area (Å²) in [5, 5.41) is 13.1. The van der Waals surface area contributed by atoms with E-state index in [1.54, 1.807) is 22.7 Å². The first-order valence-electron chi connectivity index (χ1n) is 9.22. The highest BCUT2D eigenvalue weighted by atomic mass is 19.1. The van der Waals surface area contributed by atoms with Gasteiger partial charge in [-0.25, -0.2) is 4.39 Å². The summed E-state index contributed by atoms with van der Waals surface area (Å²) in [4.78, 5) is 4.49. The number of likely N-dealkylation sites (N-methyl/N-ethyl adjacent to an activating group) is 1. The Morgan fingerprint density at radius 3 is 2.61 bits per heavy atom. The van der Waals surface area contributed by atoms with Crippen LogP contribution in [0.25, 0.3) is 17.0 Å². The molecular weight excluding hydrogens is 355 g/mol. The van der Waals surface area contributed by atoms with Crippen LogP contribution in [0.2, 0.25) is 0 Å². The van der Waals surface area contributed by atoms with Gasteiger partial charge in [0.15, 0.2) is 11.5 Å². The lowest BCUT2D eigenvalue weighted by Gasteiger charge is -2.22. The van der Waals surface area contributed by atoms with Crippen LogP contribution in [0.4, 0.5) is 15.9 Å². The minimum atomic E-state index is -0.339. The lowest BCUT2D eigenvalue weighted by atomic mass is 10.1. The second-order valence-electron chi connectivity index (χ2n) is 6.94. The van der Waals surface area contributed by atoms with E-state index >= 15 is 0 Å². The lowest BCUT2D eigenvalue weighted by Crippen LogP contribution is -2.30. The SMILES string of the molecule is CN1CCN(c2ccc3nnc(-c4ccccc4F)n3n2)Cc2ccccc21. The van der Waals surface area contributed by atoms with Crippen LogP contribution in [0.3, 0.4) is 0 Å². The Hall–Kier alpha value is -3.48. The van der Waals surface area contributed by atoms with Gasteiger partial charge in [0.1, 0.15) is 11.6 Å². The standard InChI is InChI=1S/C21H19FN6/c1-26-12-13-27(14-15-6-2-5-9-18(15)26)20-11-10-19-23-24-21(28(19)25-20)16-7-3-4-8-17(16)22/h2-11H,12-14H2,1H3. The molecule has 6 nitrogen and oxygen atoms in total. The van der Waals surface area contributed by atoms with E-state index in [2.05, 4.69) is 51.3 Å². The van der Waals surface area contributed by atoms with Crippen molar-refractivity contribution in [1.82, 2.24) is 19.8 Å². The summed E-state index contributed by atoms with van der Waals surface area (Å²) in [5.74, 6) is 0.881. The Bertz CT molecular complexity index is 1150. The van der Waals surface area contributed by atoms with Gasteiger partial charge in [0.2, 0.25) is 0 Å². The van der Waals surface area contributed by atoms with E-state index in [1.807, 2.05) is 12.1 Å². The number of halogens is 1. The molecule has 4 aromatic rings. The summed E-state index contributed by atoms with van der Waals surface area (Å²) in [5.41, 5.74) is 3.47. The summed E-state index contributed by atoms with van der Waals surface area (Å²) >= 11 is 0. The van der Waals surface area contributed by atoms with Gasteiger partial charge in [0.05, 0.1) is 5.56 Å². The number of anilines is 2. The van der Waals surface area contributed by atoms with E-state index < -0.39 is 0 Å². The Labute approximate surface area is 161 Å². The molecule has 140 valence electrons. The van der Waals surface area contributed by atoms with Crippen molar-refractivity contribution in [3.05, 3.63) is 72.0 Å². The molecule has 0 N–H and O–H groups in total. The van der Waals surface area contributed by atoms with E-state index in [9.17, 15) is 4.39 Å². The predicted molar refractivity (Wildman–Crippen MR) is 107 cm³/mol. The van der Waals surface area contributed by atoms with E-state index in [4.69, 9.17) is 5.10 Å². The third-order valence-electron chi connectivity index (χ3n) is 5.16. The minimum Gasteiger partial charge on any atom is -0.373 e. The zero-order valence-electron chi connectivity index (χ0n) is 15.5. The number of hydrogen-bond acceptors (Lipinski definition) is 5. The monoisotopic (exact) mass is 374 g/mol. The van der Waals surface area contributed by atoms with Crippen molar-refractivity contribution in [3.8, 4) is 11.4 Å². The lowest BCUT2D eigenvalue weighted by molar-refractivity contribution is 0.629. The first kappa shape index (κ1) is 16.7. The van der Waals surface area contributed by atoms with Crippen molar-refractivity contribution in [1.29, 1.82) is 0 Å². The molecule has 0 radical (unpaired) electrons. The maximum absolute atomic E-state index is 14.3. The molecule has 0 saturated heterocycles. The van der Waals surface area contributed by atoms with Crippen LogP contribution < -0.4 is 9.80 Å². The van der Waals surface area contributed by atoms with Crippen LogP contribution in [0.1, 0.15) is 5.56 Å². The van der Waals surface area contributed by atoms with Gasteiger partial charge in [0, 0.05) is 32.4 Å². The van der Waals surface area contributed by atoms with Gasteiger partial charge in [-0.1, -0.05) is 30.3 Å². The van der Waals surface area contributed by atoms with E-state index in [0.717, 1.165) is 25.5 Å². The Kier molecular flexibility index (Phi) is 3.93. The smallest absolute Gasteiger partial charge is 0.188 e. The second-order valence-corrected chi connectivity index (χ2v) is 6.94. The number of para-hydroxylation sites is 1. The average Bonchev–Trinajstić information content (AvgIpc) is 3.06. The largest absolute Gasteiger partial charge is 0.373 e. The van der Waals surface area contributed by atoms with Crippen molar-refractivity contribution < 1.29 is 4.39 Å². The second kappa shape index (κ2) is 6.60. The molecule has 1 aliphatic heterocycles. The Morgan fingerprint density at radius 1 is 0.893 bits per heavy atom. The van der Waals surface area contributed by atoms with Crippen molar-refractivity contribution in [2.75, 3.05) is 29.9 Å². The predicted octanol–water partition coefficient (Wildman–Crippen LogP) is 3.39. The molecule has 28 heavy (non-hydrogen) atoms. The third kappa shape index (κ3) is 2.76. The molecule has 0 amide bonds. The van der Waals surface area contributed by atoms with Crippen LogP contribution in [-0.4, -0.2) is 39.9 Å². The molecule has 0 bridgehead atoms. The molecule has 2 aromatic carbocycles. The minimum absolute atomic E-state index is 0.339. The van der Waals surface area contributed by atoms with Crippen molar-refractivity contribution >= 4 is 17.2 Å². The number of rotatable bonds is 2. The number of fused-ring (bicyclic) bond motifs is 2. The summed E-state index contributed by atoms with van der Waals surface area (Å²) in [6.45, 7) is 2.48. The fraction of sp³-hybridized carbons (Fsp3) is 0.190. The van der Waals surface area contributed by atoms with Gasteiger partial charge in [-0.3, -0.25) is 0 Å². The first-order valence-corrected chi connectivity index (χ1v) is 9.22. The van der Waals surface area contributed by atoms with Crippen molar-refractivity contribution in [2.24, 2.45) is 0 Å². The van der Waals surface area contributed by atoms with Crippen molar-refractivity contribution in [3.63, 3.8) is 0 Å². The van der Waals surface area contributed by atoms with Crippen LogP contribution in [0.5, 0.6) is 0 Å². The van der Waals surface area contributed by atoms with Gasteiger partial charge in [-0.05, 0) is 35.9 Å². The van der Waals surface area contributed by atoms with Gasteiger partial charge in [0.25, 0.3) is 0 Å². The maximum Gasteiger partial charge on any atom is 0.188 e. The van der Waals surface area contributed by atoms with E-state index in [0.29, 0.717) is 17.0 Å². The molecule has 0 fully saturated rings. The topological polar surface area (TPSA) is 49.6 Å². The molecule has 1 aliphatic rings. The Morgan fingerprint density at radius 2 is 1.71 bits per heavy atom. The van der Waals surface area contributed by atoms with E-state index in [-0.39, 0.29) is 5.82 Å². The van der Waals surface area contributed by atoms with Crippen LogP contribution in [0.15, 0.2) is 60.7 Å². The normalized spacial score (nSPS) is 14.2. The quantitative estimate of drug-likeness (QED) is 0.538. The van der Waals surface area contributed by atoms with Gasteiger partial charge in [-0.2, -0.15) is 4.52 Å². The molecular formula is C21H19FN6. The Balaban J connectivity index is 1.57. The van der Waals surface area contributed by atoms with Crippen LogP contribution in [0, 0.1) is 5.82 Å². The fourth-order valence-corrected chi connectivity index (χ4v) is 3.65. The molecule has 5 rings (SSSR count). The number of aromatic nitrogens is 4. The average molecular weight is 374 g/mol. The van der Waals surface area contributed by atoms with Crippen molar-refractivity contribution in [2.45, 2.75) is 6.54 Å². The molecule has 0 aliphatic carbocycles. The summed E-state index contributed by atoms with van der Waals surface area (Å²) < 4.78 is 15.9. The van der Waals surface area contributed by atoms with Crippen LogP contribution >= 0.6 is 0 Å². The van der Waals surface area contributed by atoms with Gasteiger partial charge in [-0.15, -0.1) is 15.3 Å². The van der Waals surface area contributed by atoms with Crippen LogP contribution in [-0.2, 0) is 6.54 Å². The highest BCUT2D eigenvalue weighted by Gasteiger charge is 2.20. The van der Waals surface area contributed by atoms with Gasteiger partial charge >= 0.3 is 0 Å². The maximum atomic E-state index is 14.3. The number of nitrogens with zero attached hydrogens (tertiary/aromatic N) is 6. The third-order valence-corrected chi connectivity index (χ3v) is 5.16. The van der Waals surface area contributed by atoms with Gasteiger partial charge < -0.3 is 9.80 Å². The molecule has 7 heteroatoms. The summed E-state index contributed by atoms with van der Waals surface area (Å²) in [6, 6.07) is 18.8. The van der Waals surface area contributed by atoms with E-state index in [1.165, 1.54) is 17.3 Å². The molecule has 3 heterocycles. The fourth-order valence-electron chi connectivity index (χ4n) is 3.65. The summed E-state index contributed by atoms with van der Waals surface area (Å²) in [7, 11) is 2.11. The molecule has 0 unspecified atom stereocenters. The number of benzene rings is 2. The molecule has 0 atom stereocenters. The number of hydrogen-bond donors (Lipinski definition) is 0.